The van der Waals surface area contributed by atoms with Gasteiger partial charge in [0, 0.05) is 42.7 Å². The minimum atomic E-state index is -4.74. The first-order valence-corrected chi connectivity index (χ1v) is 15.1. The maximum atomic E-state index is 13.9. The highest BCUT2D eigenvalue weighted by Gasteiger charge is 2.44. The van der Waals surface area contributed by atoms with Gasteiger partial charge in [0.2, 0.25) is 11.8 Å². The van der Waals surface area contributed by atoms with Crippen LogP contribution in [0.15, 0.2) is 42.6 Å². The molecule has 0 aliphatic carbocycles. The molecule has 0 bridgehead atoms. The number of aliphatic hydroxyl groups is 1. The van der Waals surface area contributed by atoms with E-state index in [1.807, 2.05) is 25.7 Å². The van der Waals surface area contributed by atoms with Crippen LogP contribution in [0.4, 0.5) is 18.9 Å². The van der Waals surface area contributed by atoms with Crippen molar-refractivity contribution >= 4 is 17.5 Å². The van der Waals surface area contributed by atoms with Gasteiger partial charge in [-0.1, -0.05) is 61.0 Å². The summed E-state index contributed by atoms with van der Waals surface area (Å²) in [5, 5.41) is 18.1. The second-order valence-corrected chi connectivity index (χ2v) is 12.9. The molecule has 0 saturated carbocycles. The summed E-state index contributed by atoms with van der Waals surface area (Å²) in [5.74, 6) is -0.203. The van der Waals surface area contributed by atoms with E-state index in [2.05, 4.69) is 36.3 Å². The lowest BCUT2D eigenvalue weighted by Gasteiger charge is -2.46. The number of halogens is 3. The second-order valence-electron chi connectivity index (χ2n) is 12.9. The van der Waals surface area contributed by atoms with Crippen LogP contribution < -0.4 is 4.90 Å². The predicted octanol–water partition coefficient (Wildman–Crippen LogP) is 5.78. The fraction of sp³-hybridized carbons (Fsp3) is 0.515. The first-order chi connectivity index (χ1) is 20.7. The van der Waals surface area contributed by atoms with E-state index in [0.29, 0.717) is 37.4 Å². The SMILES string of the molecule is Cc1cc(C)c(N2CC(C(=O)N3CCCC(Cn4cc(-c5ccc(C(O)C(F)(F)F)cc5)nn4)(C(C)C)C3)CC2=O)c(C)c1. The van der Waals surface area contributed by atoms with E-state index < -0.39 is 18.2 Å². The number of nitrogens with zero attached hydrogens (tertiary/aromatic N) is 5. The molecule has 44 heavy (non-hydrogen) atoms. The van der Waals surface area contributed by atoms with Crippen LogP contribution in [0.25, 0.3) is 11.3 Å². The summed E-state index contributed by atoms with van der Waals surface area (Å²) in [6.45, 7) is 12.4. The number of aliphatic hydroxyl groups excluding tert-OH is 1. The molecule has 3 aromatic rings. The average Bonchev–Trinajstić information content (AvgIpc) is 3.58. The van der Waals surface area contributed by atoms with Gasteiger partial charge in [-0.15, -0.1) is 5.10 Å². The largest absolute Gasteiger partial charge is 0.418 e. The first-order valence-electron chi connectivity index (χ1n) is 15.1. The number of aryl methyl sites for hydroxylation is 3. The van der Waals surface area contributed by atoms with Gasteiger partial charge in [-0.3, -0.25) is 14.3 Å². The third-order valence-electron chi connectivity index (χ3n) is 9.37. The molecule has 8 nitrogen and oxygen atoms in total. The van der Waals surface area contributed by atoms with Crippen molar-refractivity contribution in [3.05, 3.63) is 64.8 Å². The number of amides is 2. The number of aromatic nitrogens is 3. The van der Waals surface area contributed by atoms with Crippen molar-refractivity contribution in [3.8, 4) is 11.3 Å². The lowest BCUT2D eigenvalue weighted by Crippen LogP contribution is -2.52. The van der Waals surface area contributed by atoms with Crippen LogP contribution in [0, 0.1) is 38.0 Å². The Morgan fingerprint density at radius 3 is 2.39 bits per heavy atom. The van der Waals surface area contributed by atoms with Crippen LogP contribution in [-0.2, 0) is 16.1 Å². The molecule has 2 aliphatic rings. The van der Waals surface area contributed by atoms with Crippen LogP contribution in [0.2, 0.25) is 0 Å². The molecule has 11 heteroatoms. The molecule has 3 atom stereocenters. The number of rotatable bonds is 7. The molecule has 0 spiro atoms. The van der Waals surface area contributed by atoms with E-state index in [4.69, 9.17) is 0 Å². The van der Waals surface area contributed by atoms with Crippen molar-refractivity contribution in [2.75, 3.05) is 24.5 Å². The molecule has 236 valence electrons. The first kappa shape index (κ1) is 31.7. The predicted molar refractivity (Wildman–Crippen MR) is 161 cm³/mol. The molecule has 3 unspecified atom stereocenters. The van der Waals surface area contributed by atoms with Crippen LogP contribution in [0.5, 0.6) is 0 Å². The highest BCUT2D eigenvalue weighted by molar-refractivity contribution is 6.01. The minimum Gasteiger partial charge on any atom is -0.379 e. The van der Waals surface area contributed by atoms with Crippen molar-refractivity contribution in [2.45, 2.75) is 72.7 Å². The zero-order chi connectivity index (χ0) is 32.0. The van der Waals surface area contributed by atoms with Crippen LogP contribution in [0.3, 0.4) is 0 Å². The second kappa shape index (κ2) is 12.0. The molecule has 2 aliphatic heterocycles. The van der Waals surface area contributed by atoms with E-state index in [1.165, 1.54) is 24.3 Å². The van der Waals surface area contributed by atoms with Gasteiger partial charge in [0.05, 0.1) is 18.7 Å². The number of anilines is 1. The fourth-order valence-electron chi connectivity index (χ4n) is 6.93. The van der Waals surface area contributed by atoms with Crippen LogP contribution >= 0.6 is 0 Å². The van der Waals surface area contributed by atoms with Crippen molar-refractivity contribution < 1.29 is 27.9 Å². The lowest BCUT2D eigenvalue weighted by atomic mass is 9.71. The summed E-state index contributed by atoms with van der Waals surface area (Å²) in [5.41, 5.74) is 4.68. The average molecular weight is 612 g/mol. The van der Waals surface area contributed by atoms with Gasteiger partial charge in [0.15, 0.2) is 6.10 Å². The Bertz CT molecular complexity index is 1510. The van der Waals surface area contributed by atoms with Crippen molar-refractivity contribution in [2.24, 2.45) is 17.3 Å². The van der Waals surface area contributed by atoms with E-state index in [-0.39, 0.29) is 35.1 Å². The van der Waals surface area contributed by atoms with E-state index in [0.717, 1.165) is 35.2 Å². The van der Waals surface area contributed by atoms with Crippen molar-refractivity contribution in [1.82, 2.24) is 19.9 Å². The van der Waals surface area contributed by atoms with Crippen LogP contribution in [-0.4, -0.2) is 62.6 Å². The van der Waals surface area contributed by atoms with Gasteiger partial charge < -0.3 is 14.9 Å². The summed E-state index contributed by atoms with van der Waals surface area (Å²) in [6, 6.07) is 9.59. The van der Waals surface area contributed by atoms with E-state index in [1.54, 1.807) is 15.8 Å². The summed E-state index contributed by atoms with van der Waals surface area (Å²) in [7, 11) is 0. The zero-order valence-electron chi connectivity index (χ0n) is 25.9. The molecular formula is C33H40F3N5O3. The summed E-state index contributed by atoms with van der Waals surface area (Å²) >= 11 is 0. The molecule has 3 heterocycles. The Labute approximate surface area is 255 Å². The van der Waals surface area contributed by atoms with Crippen molar-refractivity contribution in [3.63, 3.8) is 0 Å². The number of hydrogen-bond donors (Lipinski definition) is 1. The van der Waals surface area contributed by atoms with E-state index >= 15 is 0 Å². The van der Waals surface area contributed by atoms with Gasteiger partial charge in [0.25, 0.3) is 0 Å². The molecule has 1 aromatic heterocycles. The lowest BCUT2D eigenvalue weighted by molar-refractivity contribution is -0.206. The summed E-state index contributed by atoms with van der Waals surface area (Å²) < 4.78 is 40.4. The van der Waals surface area contributed by atoms with Crippen molar-refractivity contribution in [1.29, 1.82) is 0 Å². The van der Waals surface area contributed by atoms with Gasteiger partial charge >= 0.3 is 6.18 Å². The maximum Gasteiger partial charge on any atom is 0.418 e. The number of benzene rings is 2. The molecule has 1 N–H and O–H groups in total. The van der Waals surface area contributed by atoms with Gasteiger partial charge in [0.1, 0.15) is 5.69 Å². The monoisotopic (exact) mass is 611 g/mol. The Morgan fingerprint density at radius 1 is 1.11 bits per heavy atom. The molecule has 2 fully saturated rings. The maximum absolute atomic E-state index is 13.9. The highest BCUT2D eigenvalue weighted by Crippen LogP contribution is 2.41. The molecule has 0 radical (unpaired) electrons. The molecule has 2 saturated heterocycles. The quantitative estimate of drug-likeness (QED) is 0.366. The summed E-state index contributed by atoms with van der Waals surface area (Å²) in [6.07, 6.45) is -3.60. The van der Waals surface area contributed by atoms with Crippen LogP contribution in [0.1, 0.15) is 61.5 Å². The minimum absolute atomic E-state index is 0.00778. The molecule has 2 amide bonds. The fourth-order valence-corrected chi connectivity index (χ4v) is 6.93. The number of alkyl halides is 3. The molecule has 2 aromatic carbocycles. The normalized spacial score (nSPS) is 21.8. The van der Waals surface area contributed by atoms with E-state index in [9.17, 15) is 27.9 Å². The topological polar surface area (TPSA) is 91.6 Å². The smallest absolute Gasteiger partial charge is 0.379 e. The Morgan fingerprint density at radius 2 is 1.77 bits per heavy atom. The van der Waals surface area contributed by atoms with Gasteiger partial charge in [-0.25, -0.2) is 0 Å². The standard InChI is InChI=1S/C33H40F3N5O3/c1-20(2)32(19-40-17-27(37-38-40)24-7-9-25(10-8-24)30(43)33(34,35)36)11-6-12-39(18-32)31(44)26-15-28(42)41(16-26)29-22(4)13-21(3)14-23(29)5/h7-10,13-14,17,20,26,30,43H,6,11-12,15-16,18-19H2,1-5H3. The summed E-state index contributed by atoms with van der Waals surface area (Å²) in [4.78, 5) is 30.7. The third kappa shape index (κ3) is 6.24. The Hall–Kier alpha value is -3.73. The highest BCUT2D eigenvalue weighted by atomic mass is 19.4. The van der Waals surface area contributed by atoms with Gasteiger partial charge in [-0.05, 0) is 56.2 Å². The number of hydrogen-bond acceptors (Lipinski definition) is 5. The number of carbonyl (C=O) groups excluding carboxylic acids is 2. The molecule has 5 rings (SSSR count). The number of carbonyl (C=O) groups is 2. The zero-order valence-corrected chi connectivity index (χ0v) is 25.9. The Kier molecular flexibility index (Phi) is 8.63. The number of likely N-dealkylation sites (tertiary alicyclic amines) is 1. The Balaban J connectivity index is 1.29. The molecular weight excluding hydrogens is 571 g/mol. The third-order valence-corrected chi connectivity index (χ3v) is 9.37. The van der Waals surface area contributed by atoms with Gasteiger partial charge in [-0.2, -0.15) is 13.2 Å². The number of piperidine rings is 1.